The lowest BCUT2D eigenvalue weighted by Crippen LogP contribution is -2.57. The van der Waals surface area contributed by atoms with Crippen LogP contribution >= 0.6 is 0 Å². The van der Waals surface area contributed by atoms with E-state index in [4.69, 9.17) is 0 Å². The number of amides is 1. The Hall–Kier alpha value is -2.13. The van der Waals surface area contributed by atoms with E-state index in [-0.39, 0.29) is 11.4 Å². The normalized spacial score (nSPS) is 16.6. The summed E-state index contributed by atoms with van der Waals surface area (Å²) in [4.78, 5) is 17.8. The van der Waals surface area contributed by atoms with Crippen LogP contribution < -0.4 is 4.90 Å². The molecule has 3 rings (SSSR count). The molecule has 0 bridgehead atoms. The molecule has 0 radical (unpaired) electrons. The van der Waals surface area contributed by atoms with Gasteiger partial charge in [0.05, 0.1) is 5.54 Å². The maximum Gasteiger partial charge on any atom is 0.227 e. The summed E-state index contributed by atoms with van der Waals surface area (Å²) in [6.07, 6.45) is 6.05. The predicted molar refractivity (Wildman–Crippen MR) is 117 cm³/mol. The lowest BCUT2D eigenvalue weighted by molar-refractivity contribution is -0.120. The lowest BCUT2D eigenvalue weighted by Gasteiger charge is -2.49. The van der Waals surface area contributed by atoms with Crippen molar-refractivity contribution in [2.75, 3.05) is 18.0 Å². The first-order valence-electron chi connectivity index (χ1n) is 10.8. The first-order chi connectivity index (χ1) is 13.7. The van der Waals surface area contributed by atoms with Crippen molar-refractivity contribution < 1.29 is 4.79 Å². The van der Waals surface area contributed by atoms with E-state index < -0.39 is 0 Å². The molecule has 1 heterocycles. The number of carbonyl (C=O) groups is 1. The van der Waals surface area contributed by atoms with Crippen LogP contribution in [0.25, 0.3) is 0 Å². The fraction of sp³-hybridized carbons (Fsp3) is 0.480. The van der Waals surface area contributed by atoms with Gasteiger partial charge in [-0.25, -0.2) is 0 Å². The maximum absolute atomic E-state index is 13.1. The summed E-state index contributed by atoms with van der Waals surface area (Å²) in [6.45, 7) is 7.30. The van der Waals surface area contributed by atoms with Gasteiger partial charge in [0, 0.05) is 31.7 Å². The second kappa shape index (κ2) is 9.88. The molecule has 2 aromatic rings. The SMILES string of the molecule is CCCCC1(N(C(=O)CC)c2ccccc2)CCN(Cc2ccccc2)CC1. The highest BCUT2D eigenvalue weighted by molar-refractivity contribution is 5.94. The Bertz CT molecular complexity index is 721. The van der Waals surface area contributed by atoms with Crippen LogP contribution in [0, 0.1) is 0 Å². The van der Waals surface area contributed by atoms with E-state index in [2.05, 4.69) is 59.2 Å². The summed E-state index contributed by atoms with van der Waals surface area (Å²) in [5.41, 5.74) is 2.37. The molecule has 0 aliphatic carbocycles. The third-order valence-corrected chi connectivity index (χ3v) is 6.07. The Morgan fingerprint density at radius 1 is 0.964 bits per heavy atom. The molecule has 0 saturated carbocycles. The molecule has 28 heavy (non-hydrogen) atoms. The van der Waals surface area contributed by atoms with Crippen LogP contribution in [0.1, 0.15) is 57.9 Å². The van der Waals surface area contributed by atoms with Crippen molar-refractivity contribution in [3.8, 4) is 0 Å². The first kappa shape index (κ1) is 20.6. The van der Waals surface area contributed by atoms with Gasteiger partial charge >= 0.3 is 0 Å². The zero-order valence-corrected chi connectivity index (χ0v) is 17.4. The van der Waals surface area contributed by atoms with Crippen LogP contribution in [-0.4, -0.2) is 29.4 Å². The molecule has 1 aliphatic heterocycles. The van der Waals surface area contributed by atoms with Crippen LogP contribution in [0.3, 0.4) is 0 Å². The number of piperidine rings is 1. The number of unbranched alkanes of at least 4 members (excludes halogenated alkanes) is 1. The minimum Gasteiger partial charge on any atom is -0.306 e. The van der Waals surface area contributed by atoms with Crippen LogP contribution in [-0.2, 0) is 11.3 Å². The fourth-order valence-corrected chi connectivity index (χ4v) is 4.48. The molecule has 1 saturated heterocycles. The second-order valence-corrected chi connectivity index (χ2v) is 8.01. The van der Waals surface area contributed by atoms with Gasteiger partial charge < -0.3 is 4.90 Å². The minimum absolute atomic E-state index is 0.0579. The van der Waals surface area contributed by atoms with E-state index in [1.807, 2.05) is 25.1 Å². The summed E-state index contributed by atoms with van der Waals surface area (Å²) >= 11 is 0. The summed E-state index contributed by atoms with van der Waals surface area (Å²) in [5.74, 6) is 0.249. The summed E-state index contributed by atoms with van der Waals surface area (Å²) in [7, 11) is 0. The highest BCUT2D eigenvalue weighted by Crippen LogP contribution is 2.38. The van der Waals surface area contributed by atoms with Gasteiger partial charge in [0.1, 0.15) is 0 Å². The largest absolute Gasteiger partial charge is 0.306 e. The van der Waals surface area contributed by atoms with E-state index in [1.165, 1.54) is 18.4 Å². The van der Waals surface area contributed by atoms with Crippen molar-refractivity contribution in [1.82, 2.24) is 4.90 Å². The average molecular weight is 379 g/mol. The van der Waals surface area contributed by atoms with Crippen molar-refractivity contribution >= 4 is 11.6 Å². The number of nitrogens with zero attached hydrogens (tertiary/aromatic N) is 2. The van der Waals surface area contributed by atoms with Gasteiger partial charge in [-0.15, -0.1) is 0 Å². The van der Waals surface area contributed by atoms with Crippen LogP contribution in [0.4, 0.5) is 5.69 Å². The highest BCUT2D eigenvalue weighted by atomic mass is 16.2. The van der Waals surface area contributed by atoms with Crippen molar-refractivity contribution in [3.05, 3.63) is 66.2 Å². The molecule has 1 aliphatic rings. The summed E-state index contributed by atoms with van der Waals surface area (Å²) < 4.78 is 0. The zero-order chi connectivity index (χ0) is 19.8. The van der Waals surface area contributed by atoms with E-state index in [0.29, 0.717) is 6.42 Å². The number of hydrogen-bond acceptors (Lipinski definition) is 2. The lowest BCUT2D eigenvalue weighted by atomic mass is 9.80. The number of likely N-dealkylation sites (tertiary alicyclic amines) is 1. The van der Waals surface area contributed by atoms with Crippen LogP contribution in [0.2, 0.25) is 0 Å². The van der Waals surface area contributed by atoms with Gasteiger partial charge in [0.2, 0.25) is 5.91 Å². The van der Waals surface area contributed by atoms with E-state index in [1.54, 1.807) is 0 Å². The number of rotatable bonds is 8. The predicted octanol–water partition coefficient (Wildman–Crippen LogP) is 5.65. The molecule has 0 atom stereocenters. The molecular formula is C25H34N2O. The second-order valence-electron chi connectivity index (χ2n) is 8.01. The third kappa shape index (κ3) is 4.82. The number of anilines is 1. The van der Waals surface area contributed by atoms with Gasteiger partial charge in [0.15, 0.2) is 0 Å². The molecule has 2 aromatic carbocycles. The molecule has 0 aromatic heterocycles. The van der Waals surface area contributed by atoms with Crippen molar-refractivity contribution in [1.29, 1.82) is 0 Å². The van der Waals surface area contributed by atoms with E-state index >= 15 is 0 Å². The Morgan fingerprint density at radius 2 is 1.57 bits per heavy atom. The third-order valence-electron chi connectivity index (χ3n) is 6.07. The molecule has 150 valence electrons. The topological polar surface area (TPSA) is 23.6 Å². The van der Waals surface area contributed by atoms with E-state index in [0.717, 1.165) is 44.6 Å². The quantitative estimate of drug-likeness (QED) is 0.592. The van der Waals surface area contributed by atoms with Crippen LogP contribution in [0.15, 0.2) is 60.7 Å². The smallest absolute Gasteiger partial charge is 0.227 e. The van der Waals surface area contributed by atoms with Crippen molar-refractivity contribution in [2.45, 2.75) is 64.5 Å². The highest BCUT2D eigenvalue weighted by Gasteiger charge is 2.42. The zero-order valence-electron chi connectivity index (χ0n) is 17.4. The Balaban J connectivity index is 1.81. The van der Waals surface area contributed by atoms with Crippen molar-refractivity contribution in [3.63, 3.8) is 0 Å². The van der Waals surface area contributed by atoms with Gasteiger partial charge in [-0.05, 0) is 37.0 Å². The van der Waals surface area contributed by atoms with Gasteiger partial charge in [0.25, 0.3) is 0 Å². The fourth-order valence-electron chi connectivity index (χ4n) is 4.48. The molecule has 1 amide bonds. The molecule has 0 spiro atoms. The van der Waals surface area contributed by atoms with Crippen LogP contribution in [0.5, 0.6) is 0 Å². The molecular weight excluding hydrogens is 344 g/mol. The average Bonchev–Trinajstić information content (AvgIpc) is 2.75. The minimum atomic E-state index is -0.0579. The van der Waals surface area contributed by atoms with Crippen molar-refractivity contribution in [2.24, 2.45) is 0 Å². The molecule has 1 fully saturated rings. The van der Waals surface area contributed by atoms with E-state index in [9.17, 15) is 4.79 Å². The Kier molecular flexibility index (Phi) is 7.27. The first-order valence-corrected chi connectivity index (χ1v) is 10.8. The number of hydrogen-bond donors (Lipinski definition) is 0. The van der Waals surface area contributed by atoms with Gasteiger partial charge in [-0.2, -0.15) is 0 Å². The molecule has 0 N–H and O–H groups in total. The number of benzene rings is 2. The van der Waals surface area contributed by atoms with Gasteiger partial charge in [-0.3, -0.25) is 9.69 Å². The maximum atomic E-state index is 13.1. The summed E-state index contributed by atoms with van der Waals surface area (Å²) in [6, 6.07) is 21.0. The molecule has 3 heteroatoms. The molecule has 0 unspecified atom stereocenters. The van der Waals surface area contributed by atoms with Gasteiger partial charge in [-0.1, -0.05) is 75.2 Å². The summed E-state index contributed by atoms with van der Waals surface area (Å²) in [5, 5.41) is 0. The number of para-hydroxylation sites is 1. The monoisotopic (exact) mass is 378 g/mol. The standard InChI is InChI=1S/C25H34N2O/c1-3-5-16-25(27(24(28)4-2)23-14-10-7-11-15-23)17-19-26(20-18-25)21-22-12-8-6-9-13-22/h6-15H,3-5,16-21H2,1-2H3. The number of carbonyl (C=O) groups excluding carboxylic acids is 1. The molecule has 3 nitrogen and oxygen atoms in total. The Morgan fingerprint density at radius 3 is 2.14 bits per heavy atom. The Labute approximate surface area is 170 Å².